The molecule has 136 valence electrons. The van der Waals surface area contributed by atoms with Gasteiger partial charge in [-0.15, -0.1) is 0 Å². The maximum atomic E-state index is 11.8. The van der Waals surface area contributed by atoms with E-state index in [9.17, 15) is 14.4 Å². The molecule has 0 saturated carbocycles. The van der Waals surface area contributed by atoms with E-state index >= 15 is 0 Å². The van der Waals surface area contributed by atoms with Crippen LogP contribution < -0.4 is 10.9 Å². The van der Waals surface area contributed by atoms with Crippen LogP contribution in [-0.2, 0) is 14.3 Å². The van der Waals surface area contributed by atoms with Crippen molar-refractivity contribution in [1.29, 1.82) is 0 Å². The summed E-state index contributed by atoms with van der Waals surface area (Å²) in [6.07, 6.45) is 0.161. The summed E-state index contributed by atoms with van der Waals surface area (Å²) in [7, 11) is 0. The van der Waals surface area contributed by atoms with Crippen LogP contribution in [-0.4, -0.2) is 24.4 Å². The molecule has 0 bridgehead atoms. The topological polar surface area (TPSA) is 84.5 Å². The van der Waals surface area contributed by atoms with Crippen molar-refractivity contribution < 1.29 is 19.1 Å². The Hall–Kier alpha value is -2.86. The molecule has 2 aromatic rings. The molecule has 0 aliphatic carbocycles. The van der Waals surface area contributed by atoms with Crippen LogP contribution >= 0.6 is 11.6 Å². The lowest BCUT2D eigenvalue weighted by Crippen LogP contribution is -2.43. The first-order chi connectivity index (χ1) is 12.5. The lowest BCUT2D eigenvalue weighted by Gasteiger charge is -2.12. The molecule has 1 atom stereocenters. The van der Waals surface area contributed by atoms with Crippen LogP contribution in [0.1, 0.15) is 35.2 Å². The zero-order chi connectivity index (χ0) is 18.9. The van der Waals surface area contributed by atoms with Gasteiger partial charge in [0, 0.05) is 10.6 Å². The average Bonchev–Trinajstić information content (AvgIpc) is 2.65. The number of hydrogen-bond acceptors (Lipinski definition) is 4. The van der Waals surface area contributed by atoms with E-state index in [1.54, 1.807) is 12.1 Å². The van der Waals surface area contributed by atoms with Crippen molar-refractivity contribution in [1.82, 2.24) is 10.9 Å². The van der Waals surface area contributed by atoms with Gasteiger partial charge in [-0.05, 0) is 35.7 Å². The summed E-state index contributed by atoms with van der Waals surface area (Å²) in [5.74, 6) is -1.64. The Bertz CT molecular complexity index is 763. The zero-order valence-corrected chi connectivity index (χ0v) is 15.0. The second-order valence-corrected chi connectivity index (χ2v) is 6.12. The molecule has 7 heteroatoms. The van der Waals surface area contributed by atoms with Gasteiger partial charge in [-0.25, -0.2) is 0 Å². The van der Waals surface area contributed by atoms with Crippen LogP contribution in [0.25, 0.3) is 0 Å². The largest absolute Gasteiger partial charge is 0.455 e. The maximum Gasteiger partial charge on any atom is 0.306 e. The van der Waals surface area contributed by atoms with Crippen LogP contribution in [0.5, 0.6) is 0 Å². The molecule has 2 amide bonds. The minimum atomic E-state index is -0.631. The van der Waals surface area contributed by atoms with E-state index < -0.39 is 24.4 Å². The van der Waals surface area contributed by atoms with Crippen LogP contribution in [0, 0.1) is 0 Å². The smallest absolute Gasteiger partial charge is 0.306 e. The highest BCUT2D eigenvalue weighted by Gasteiger charge is 2.14. The van der Waals surface area contributed by atoms with Gasteiger partial charge >= 0.3 is 5.97 Å². The van der Waals surface area contributed by atoms with Crippen molar-refractivity contribution in [3.8, 4) is 0 Å². The van der Waals surface area contributed by atoms with Crippen LogP contribution in [0.4, 0.5) is 0 Å². The zero-order valence-electron chi connectivity index (χ0n) is 14.2. The summed E-state index contributed by atoms with van der Waals surface area (Å²) < 4.78 is 4.93. The number of hydrogen-bond donors (Lipinski definition) is 2. The molecule has 0 heterocycles. The van der Waals surface area contributed by atoms with Gasteiger partial charge in [0.1, 0.15) is 0 Å². The third-order valence-electron chi connectivity index (χ3n) is 3.63. The number of amides is 2. The summed E-state index contributed by atoms with van der Waals surface area (Å²) in [6.45, 7) is 1.43. The fraction of sp³-hybridized carbons (Fsp3) is 0.211. The summed E-state index contributed by atoms with van der Waals surface area (Å²) in [6, 6.07) is 15.7. The monoisotopic (exact) mass is 374 g/mol. The second-order valence-electron chi connectivity index (χ2n) is 5.69. The van der Waals surface area contributed by atoms with Gasteiger partial charge in [-0.3, -0.25) is 25.2 Å². The van der Waals surface area contributed by atoms with Crippen LogP contribution in [0.3, 0.4) is 0 Å². The third kappa shape index (κ3) is 6.22. The summed E-state index contributed by atoms with van der Waals surface area (Å²) in [5.41, 5.74) is 5.78. The minimum Gasteiger partial charge on any atom is -0.455 e. The first-order valence-electron chi connectivity index (χ1n) is 8.01. The van der Waals surface area contributed by atoms with Crippen molar-refractivity contribution in [3.05, 3.63) is 70.7 Å². The van der Waals surface area contributed by atoms with E-state index in [0.717, 1.165) is 5.56 Å². The number of benzene rings is 2. The van der Waals surface area contributed by atoms with E-state index in [2.05, 4.69) is 10.9 Å². The molecule has 0 fully saturated rings. The molecule has 2 aromatic carbocycles. The molecule has 0 unspecified atom stereocenters. The van der Waals surface area contributed by atoms with E-state index in [-0.39, 0.29) is 12.3 Å². The molecule has 0 aromatic heterocycles. The van der Waals surface area contributed by atoms with Crippen molar-refractivity contribution in [2.75, 3.05) is 6.61 Å². The molecular formula is C19H19ClN2O4. The standard InChI is InChI=1S/C19H19ClN2O4/c1-13(14-5-3-2-4-6-14)11-18(24)26-12-17(23)21-22-19(25)15-7-9-16(20)10-8-15/h2-10,13H,11-12H2,1H3,(H,21,23)(H,22,25)/t13-/m1/s1. The SMILES string of the molecule is C[C@H](CC(=O)OCC(=O)NNC(=O)c1ccc(Cl)cc1)c1ccccc1. The van der Waals surface area contributed by atoms with Crippen molar-refractivity contribution in [2.45, 2.75) is 19.3 Å². The van der Waals surface area contributed by atoms with Crippen molar-refractivity contribution in [3.63, 3.8) is 0 Å². The predicted octanol–water partition coefficient (Wildman–Crippen LogP) is 2.84. The van der Waals surface area contributed by atoms with E-state index in [1.807, 2.05) is 37.3 Å². The summed E-state index contributed by atoms with van der Waals surface area (Å²) >= 11 is 5.74. The Balaban J connectivity index is 1.70. The first kappa shape index (κ1) is 19.5. The highest BCUT2D eigenvalue weighted by molar-refractivity contribution is 6.30. The minimum absolute atomic E-state index is 0.0173. The molecule has 0 radical (unpaired) electrons. The lowest BCUT2D eigenvalue weighted by atomic mass is 9.98. The normalized spacial score (nSPS) is 11.3. The molecule has 6 nitrogen and oxygen atoms in total. The molecule has 0 spiro atoms. The average molecular weight is 375 g/mol. The summed E-state index contributed by atoms with van der Waals surface area (Å²) in [4.78, 5) is 35.3. The molecule has 0 aliphatic rings. The Kier molecular flexibility index (Phi) is 7.17. The van der Waals surface area contributed by atoms with Crippen molar-refractivity contribution in [2.24, 2.45) is 0 Å². The van der Waals surface area contributed by atoms with E-state index in [0.29, 0.717) is 10.6 Å². The number of rotatable bonds is 6. The Morgan fingerprint density at radius 1 is 1.00 bits per heavy atom. The molecule has 26 heavy (non-hydrogen) atoms. The van der Waals surface area contributed by atoms with Gasteiger partial charge in [0.2, 0.25) is 0 Å². The van der Waals surface area contributed by atoms with Gasteiger partial charge in [0.15, 0.2) is 6.61 Å². The fourth-order valence-corrected chi connectivity index (χ4v) is 2.32. The van der Waals surface area contributed by atoms with Gasteiger partial charge < -0.3 is 4.74 Å². The van der Waals surface area contributed by atoms with Gasteiger partial charge in [0.05, 0.1) is 6.42 Å². The van der Waals surface area contributed by atoms with E-state index in [4.69, 9.17) is 16.3 Å². The number of carbonyl (C=O) groups is 3. The number of ether oxygens (including phenoxy) is 1. The maximum absolute atomic E-state index is 11.8. The number of halogens is 1. The van der Waals surface area contributed by atoms with Gasteiger partial charge in [-0.1, -0.05) is 48.9 Å². The Morgan fingerprint density at radius 2 is 1.65 bits per heavy atom. The molecule has 0 aliphatic heterocycles. The van der Waals surface area contributed by atoms with Crippen LogP contribution in [0.15, 0.2) is 54.6 Å². The quantitative estimate of drug-likeness (QED) is 0.601. The first-order valence-corrected chi connectivity index (χ1v) is 8.39. The highest BCUT2D eigenvalue weighted by atomic mass is 35.5. The van der Waals surface area contributed by atoms with Crippen LogP contribution in [0.2, 0.25) is 5.02 Å². The number of esters is 1. The second kappa shape index (κ2) is 9.58. The Labute approximate surface area is 156 Å². The molecule has 2 N–H and O–H groups in total. The van der Waals surface area contributed by atoms with Gasteiger partial charge in [0.25, 0.3) is 11.8 Å². The Morgan fingerprint density at radius 3 is 2.31 bits per heavy atom. The highest BCUT2D eigenvalue weighted by Crippen LogP contribution is 2.18. The third-order valence-corrected chi connectivity index (χ3v) is 3.88. The molecule has 2 rings (SSSR count). The lowest BCUT2D eigenvalue weighted by molar-refractivity contribution is -0.149. The number of carbonyl (C=O) groups excluding carboxylic acids is 3. The number of nitrogens with one attached hydrogen (secondary N) is 2. The molecule has 0 saturated heterocycles. The van der Waals surface area contributed by atoms with E-state index in [1.165, 1.54) is 12.1 Å². The summed E-state index contributed by atoms with van der Waals surface area (Å²) in [5, 5.41) is 0.502. The predicted molar refractivity (Wildman–Crippen MR) is 97.5 cm³/mol. The molecular weight excluding hydrogens is 356 g/mol. The van der Waals surface area contributed by atoms with Gasteiger partial charge in [-0.2, -0.15) is 0 Å². The number of hydrazine groups is 1. The van der Waals surface area contributed by atoms with Crippen molar-refractivity contribution >= 4 is 29.4 Å². The fourth-order valence-electron chi connectivity index (χ4n) is 2.19.